The number of rotatable bonds is 37. The molecule has 0 aromatic carbocycles. The van der Waals surface area contributed by atoms with Crippen LogP contribution >= 0.6 is 0 Å². The molecule has 0 spiro atoms. The summed E-state index contributed by atoms with van der Waals surface area (Å²) in [6.07, 6.45) is 41.1. The predicted molar refractivity (Wildman–Crippen MR) is 191 cm³/mol. The zero-order chi connectivity index (χ0) is 31.5. The van der Waals surface area contributed by atoms with Gasteiger partial charge in [-0.2, -0.15) is 0 Å². The van der Waals surface area contributed by atoms with E-state index in [2.05, 4.69) is 27.0 Å². The van der Waals surface area contributed by atoms with Crippen molar-refractivity contribution in [3.05, 3.63) is 25.3 Å². The van der Waals surface area contributed by atoms with E-state index < -0.39 is 0 Å². The van der Waals surface area contributed by atoms with E-state index in [-0.39, 0.29) is 12.7 Å². The highest BCUT2D eigenvalue weighted by Crippen LogP contribution is 2.21. The highest BCUT2D eigenvalue weighted by atomic mass is 16.5. The van der Waals surface area contributed by atoms with E-state index in [4.69, 9.17) is 9.47 Å². The van der Waals surface area contributed by atoms with Crippen molar-refractivity contribution in [2.75, 3.05) is 13.2 Å². The summed E-state index contributed by atoms with van der Waals surface area (Å²) in [5, 5.41) is 9.88. The van der Waals surface area contributed by atoms with Crippen molar-refractivity contribution >= 4 is 0 Å². The average molecular weight is 607 g/mol. The fourth-order valence-electron chi connectivity index (χ4n) is 6.13. The topological polar surface area (TPSA) is 38.7 Å². The highest BCUT2D eigenvalue weighted by molar-refractivity contribution is 4.70. The Morgan fingerprint density at radius 2 is 0.837 bits per heavy atom. The van der Waals surface area contributed by atoms with Crippen LogP contribution in [-0.2, 0) is 9.47 Å². The minimum Gasteiger partial charge on any atom is -0.396 e. The van der Waals surface area contributed by atoms with Crippen molar-refractivity contribution in [2.45, 2.75) is 218 Å². The number of unbranched alkanes of at least 4 members (excludes halogenated alkanes) is 20. The van der Waals surface area contributed by atoms with Gasteiger partial charge in [0.05, 0.1) is 24.9 Å². The van der Waals surface area contributed by atoms with Crippen LogP contribution in [0.3, 0.4) is 0 Å². The summed E-state index contributed by atoms with van der Waals surface area (Å²) in [6, 6.07) is 0. The molecule has 0 saturated carbocycles. The van der Waals surface area contributed by atoms with Crippen LogP contribution in [0.15, 0.2) is 25.3 Å². The van der Waals surface area contributed by atoms with Gasteiger partial charge in [0.2, 0.25) is 0 Å². The number of aliphatic hydroxyl groups excluding tert-OH is 1. The van der Waals surface area contributed by atoms with Gasteiger partial charge in [-0.1, -0.05) is 154 Å². The molecule has 3 heteroatoms. The van der Waals surface area contributed by atoms with Crippen LogP contribution in [0.4, 0.5) is 0 Å². The van der Waals surface area contributed by atoms with E-state index in [1.807, 2.05) is 12.2 Å². The van der Waals surface area contributed by atoms with Gasteiger partial charge >= 0.3 is 0 Å². The average Bonchev–Trinajstić information content (AvgIpc) is 3.01. The van der Waals surface area contributed by atoms with Crippen LogP contribution in [0.25, 0.3) is 0 Å². The maximum atomic E-state index is 9.88. The Bertz CT molecular complexity index is 548. The van der Waals surface area contributed by atoms with Crippen molar-refractivity contribution < 1.29 is 14.6 Å². The van der Waals surface area contributed by atoms with Crippen molar-refractivity contribution in [2.24, 2.45) is 0 Å². The lowest BCUT2D eigenvalue weighted by Crippen LogP contribution is -2.30. The van der Waals surface area contributed by atoms with E-state index in [0.29, 0.717) is 25.2 Å². The van der Waals surface area contributed by atoms with Crippen molar-refractivity contribution in [1.29, 1.82) is 0 Å². The van der Waals surface area contributed by atoms with E-state index in [1.54, 1.807) is 0 Å². The fraction of sp³-hybridized carbons (Fsp3) is 0.900. The van der Waals surface area contributed by atoms with Crippen molar-refractivity contribution in [1.82, 2.24) is 0 Å². The Kier molecular flexibility index (Phi) is 35.3. The van der Waals surface area contributed by atoms with E-state index >= 15 is 0 Å². The standard InChI is InChI=1S/C40H78O3/c1-5-9-13-17-21-25-28-32-38(31-27-23-19-15-11-7-3)42-37-40(35-36-41)43-39(33-29-24-20-16-12-8-4)34-30-26-22-18-14-10-6-2/h7-8,38-41H,3-6,9-37H2,1-2H3. The minimum absolute atomic E-state index is 0.00413. The third kappa shape index (κ3) is 31.1. The molecule has 0 radical (unpaired) electrons. The summed E-state index contributed by atoms with van der Waals surface area (Å²) >= 11 is 0. The first-order valence-corrected chi connectivity index (χ1v) is 19.3. The van der Waals surface area contributed by atoms with E-state index in [9.17, 15) is 5.11 Å². The number of hydrogen-bond acceptors (Lipinski definition) is 3. The van der Waals surface area contributed by atoms with Gasteiger partial charge in [-0.15, -0.1) is 13.2 Å². The molecule has 256 valence electrons. The molecule has 0 rings (SSSR count). The zero-order valence-corrected chi connectivity index (χ0v) is 29.5. The largest absolute Gasteiger partial charge is 0.396 e. The molecule has 0 aromatic heterocycles. The Hall–Kier alpha value is -0.640. The summed E-state index contributed by atoms with van der Waals surface area (Å²) in [5.41, 5.74) is 0. The fourth-order valence-corrected chi connectivity index (χ4v) is 6.13. The molecule has 3 nitrogen and oxygen atoms in total. The molecule has 0 aliphatic rings. The van der Waals surface area contributed by atoms with Crippen LogP contribution in [0.5, 0.6) is 0 Å². The molecule has 1 N–H and O–H groups in total. The van der Waals surface area contributed by atoms with Gasteiger partial charge in [0.15, 0.2) is 0 Å². The number of allylic oxidation sites excluding steroid dienone is 2. The molecule has 0 aliphatic carbocycles. The summed E-state index contributed by atoms with van der Waals surface area (Å²) in [4.78, 5) is 0. The molecular formula is C40H78O3. The minimum atomic E-state index is 0.00413. The third-order valence-corrected chi connectivity index (χ3v) is 8.98. The number of ether oxygens (including phenoxy) is 2. The van der Waals surface area contributed by atoms with Gasteiger partial charge < -0.3 is 14.6 Å². The first-order chi connectivity index (χ1) is 21.2. The monoisotopic (exact) mass is 607 g/mol. The molecule has 0 fully saturated rings. The summed E-state index contributed by atoms with van der Waals surface area (Å²) in [5.74, 6) is 0. The van der Waals surface area contributed by atoms with Crippen molar-refractivity contribution in [3.63, 3.8) is 0 Å². The van der Waals surface area contributed by atoms with Gasteiger partial charge in [-0.3, -0.25) is 0 Å². The second-order valence-electron chi connectivity index (χ2n) is 13.2. The summed E-state index contributed by atoms with van der Waals surface area (Å²) < 4.78 is 13.4. The molecular weight excluding hydrogens is 528 g/mol. The van der Waals surface area contributed by atoms with Gasteiger partial charge in [-0.25, -0.2) is 0 Å². The van der Waals surface area contributed by atoms with Gasteiger partial charge in [-0.05, 0) is 57.8 Å². The summed E-state index contributed by atoms with van der Waals surface area (Å²) in [7, 11) is 0. The second-order valence-corrected chi connectivity index (χ2v) is 13.2. The maximum absolute atomic E-state index is 9.88. The van der Waals surface area contributed by atoms with Crippen LogP contribution < -0.4 is 0 Å². The molecule has 0 bridgehead atoms. The van der Waals surface area contributed by atoms with Gasteiger partial charge in [0, 0.05) is 6.61 Å². The van der Waals surface area contributed by atoms with Crippen LogP contribution in [0, 0.1) is 0 Å². The summed E-state index contributed by atoms with van der Waals surface area (Å²) in [6.45, 7) is 13.1. The Morgan fingerprint density at radius 3 is 1.23 bits per heavy atom. The predicted octanol–water partition coefficient (Wildman–Crippen LogP) is 12.8. The quantitative estimate of drug-likeness (QED) is 0.0564. The smallest absolute Gasteiger partial charge is 0.0834 e. The van der Waals surface area contributed by atoms with Crippen LogP contribution in [-0.4, -0.2) is 36.6 Å². The lowest BCUT2D eigenvalue weighted by molar-refractivity contribution is -0.0899. The van der Waals surface area contributed by atoms with E-state index in [0.717, 1.165) is 32.1 Å². The number of aliphatic hydroxyl groups is 1. The van der Waals surface area contributed by atoms with Gasteiger partial charge in [0.25, 0.3) is 0 Å². The Labute approximate surface area is 271 Å². The molecule has 43 heavy (non-hydrogen) atoms. The van der Waals surface area contributed by atoms with Crippen LogP contribution in [0.2, 0.25) is 0 Å². The first kappa shape index (κ1) is 42.4. The second kappa shape index (κ2) is 35.8. The lowest BCUT2D eigenvalue weighted by Gasteiger charge is -2.27. The molecule has 0 heterocycles. The molecule has 3 unspecified atom stereocenters. The van der Waals surface area contributed by atoms with Crippen LogP contribution in [0.1, 0.15) is 200 Å². The van der Waals surface area contributed by atoms with Gasteiger partial charge in [0.1, 0.15) is 0 Å². The normalized spacial score (nSPS) is 13.7. The highest BCUT2D eigenvalue weighted by Gasteiger charge is 2.19. The molecule has 0 saturated heterocycles. The number of hydrogen-bond donors (Lipinski definition) is 1. The Morgan fingerprint density at radius 1 is 0.465 bits per heavy atom. The maximum Gasteiger partial charge on any atom is 0.0834 e. The Balaban J connectivity index is 4.87. The first-order valence-electron chi connectivity index (χ1n) is 19.3. The SMILES string of the molecule is C=CCCCCCCC(CCCCCCCCC)OCC(CCO)OC(CCCCCCC=C)CCCCCCCCC. The molecule has 0 aromatic rings. The third-order valence-electron chi connectivity index (χ3n) is 8.98. The molecule has 0 aliphatic heterocycles. The zero-order valence-electron chi connectivity index (χ0n) is 29.5. The lowest BCUT2D eigenvalue weighted by atomic mass is 10.0. The van der Waals surface area contributed by atoms with E-state index in [1.165, 1.54) is 148 Å². The molecule has 0 amide bonds. The molecule has 3 atom stereocenters. The van der Waals surface area contributed by atoms with Crippen molar-refractivity contribution in [3.8, 4) is 0 Å².